The summed E-state index contributed by atoms with van der Waals surface area (Å²) in [6.07, 6.45) is -0.270. The number of nitriles is 1. The molecule has 0 N–H and O–H groups in total. The van der Waals surface area contributed by atoms with Crippen LogP contribution in [0.25, 0.3) is 0 Å². The SMILES string of the molecule is CCOc1cc(N2CCN(C(=O)OC(C)(C)C)CC2C)ccc1C#N. The highest BCUT2D eigenvalue weighted by atomic mass is 16.6. The monoisotopic (exact) mass is 345 g/mol. The number of amides is 1. The van der Waals surface area contributed by atoms with E-state index in [4.69, 9.17) is 9.47 Å². The molecule has 1 unspecified atom stereocenters. The number of ether oxygens (including phenoxy) is 2. The molecule has 25 heavy (non-hydrogen) atoms. The molecule has 6 heteroatoms. The molecule has 1 heterocycles. The first-order valence-electron chi connectivity index (χ1n) is 8.66. The minimum Gasteiger partial charge on any atom is -0.492 e. The Morgan fingerprint density at radius 1 is 1.36 bits per heavy atom. The third-order valence-electron chi connectivity index (χ3n) is 4.00. The zero-order valence-corrected chi connectivity index (χ0v) is 15.7. The first-order valence-corrected chi connectivity index (χ1v) is 8.66. The highest BCUT2D eigenvalue weighted by Gasteiger charge is 2.30. The van der Waals surface area contributed by atoms with Gasteiger partial charge in [-0.15, -0.1) is 0 Å². The van der Waals surface area contributed by atoms with Crippen molar-refractivity contribution in [3.05, 3.63) is 23.8 Å². The number of hydrogen-bond acceptors (Lipinski definition) is 5. The van der Waals surface area contributed by atoms with Crippen molar-refractivity contribution in [2.75, 3.05) is 31.1 Å². The normalized spacial score (nSPS) is 17.8. The molecule has 1 aliphatic heterocycles. The summed E-state index contributed by atoms with van der Waals surface area (Å²) in [6.45, 7) is 12.0. The molecular weight excluding hydrogens is 318 g/mol. The van der Waals surface area contributed by atoms with Gasteiger partial charge in [0.05, 0.1) is 12.2 Å². The van der Waals surface area contributed by atoms with Crippen molar-refractivity contribution in [2.24, 2.45) is 0 Å². The lowest BCUT2D eigenvalue weighted by Crippen LogP contribution is -2.54. The molecule has 1 aromatic carbocycles. The predicted octanol–water partition coefficient (Wildman–Crippen LogP) is 3.40. The van der Waals surface area contributed by atoms with Crippen LogP contribution in [0.15, 0.2) is 18.2 Å². The molecular formula is C19H27N3O3. The molecule has 2 rings (SSSR count). The first-order chi connectivity index (χ1) is 11.7. The summed E-state index contributed by atoms with van der Waals surface area (Å²) in [5, 5.41) is 9.19. The zero-order valence-electron chi connectivity index (χ0n) is 15.7. The molecule has 136 valence electrons. The minimum absolute atomic E-state index is 0.142. The average molecular weight is 345 g/mol. The van der Waals surface area contributed by atoms with E-state index >= 15 is 0 Å². The van der Waals surface area contributed by atoms with Gasteiger partial charge in [-0.3, -0.25) is 0 Å². The summed E-state index contributed by atoms with van der Waals surface area (Å²) >= 11 is 0. The van der Waals surface area contributed by atoms with Gasteiger partial charge in [-0.05, 0) is 46.8 Å². The Balaban J connectivity index is 2.10. The van der Waals surface area contributed by atoms with E-state index in [1.807, 2.05) is 39.8 Å². The number of carbonyl (C=O) groups is 1. The van der Waals surface area contributed by atoms with Gasteiger partial charge in [0.2, 0.25) is 0 Å². The molecule has 6 nitrogen and oxygen atoms in total. The lowest BCUT2D eigenvalue weighted by atomic mass is 10.1. The van der Waals surface area contributed by atoms with Crippen LogP contribution < -0.4 is 9.64 Å². The van der Waals surface area contributed by atoms with Crippen molar-refractivity contribution in [2.45, 2.75) is 46.3 Å². The van der Waals surface area contributed by atoms with Gasteiger partial charge in [-0.25, -0.2) is 4.79 Å². The Bertz CT molecular complexity index is 661. The second-order valence-electron chi connectivity index (χ2n) is 7.19. The molecule has 0 radical (unpaired) electrons. The third kappa shape index (κ3) is 4.79. The molecule has 0 spiro atoms. The van der Waals surface area contributed by atoms with Crippen LogP contribution in [0.3, 0.4) is 0 Å². The molecule has 1 saturated heterocycles. The number of hydrogen-bond donors (Lipinski definition) is 0. The highest BCUT2D eigenvalue weighted by Crippen LogP contribution is 2.28. The molecule has 1 amide bonds. The maximum Gasteiger partial charge on any atom is 0.410 e. The van der Waals surface area contributed by atoms with E-state index < -0.39 is 5.60 Å². The smallest absolute Gasteiger partial charge is 0.410 e. The number of benzene rings is 1. The molecule has 0 aromatic heterocycles. The van der Waals surface area contributed by atoms with Crippen LogP contribution in [-0.2, 0) is 4.74 Å². The Kier molecular flexibility index (Phi) is 5.78. The highest BCUT2D eigenvalue weighted by molar-refractivity contribution is 5.69. The van der Waals surface area contributed by atoms with Crippen molar-refractivity contribution in [1.29, 1.82) is 5.26 Å². The average Bonchev–Trinajstić information content (AvgIpc) is 2.53. The summed E-state index contributed by atoms with van der Waals surface area (Å²) in [4.78, 5) is 16.2. The summed E-state index contributed by atoms with van der Waals surface area (Å²) in [5.74, 6) is 0.601. The van der Waals surface area contributed by atoms with Gasteiger partial charge in [-0.1, -0.05) is 0 Å². The summed E-state index contributed by atoms with van der Waals surface area (Å²) in [5.41, 5.74) is 1.04. The van der Waals surface area contributed by atoms with E-state index in [1.165, 1.54) is 0 Å². The predicted molar refractivity (Wildman–Crippen MR) is 96.9 cm³/mol. The molecule has 0 bridgehead atoms. The van der Waals surface area contributed by atoms with Crippen molar-refractivity contribution in [3.8, 4) is 11.8 Å². The number of carbonyl (C=O) groups excluding carboxylic acids is 1. The lowest BCUT2D eigenvalue weighted by Gasteiger charge is -2.41. The van der Waals surface area contributed by atoms with Crippen molar-refractivity contribution >= 4 is 11.8 Å². The van der Waals surface area contributed by atoms with Crippen LogP contribution in [0, 0.1) is 11.3 Å². The van der Waals surface area contributed by atoms with Gasteiger partial charge < -0.3 is 19.3 Å². The number of rotatable bonds is 3. The van der Waals surface area contributed by atoms with E-state index in [-0.39, 0.29) is 12.1 Å². The Morgan fingerprint density at radius 3 is 2.64 bits per heavy atom. The fourth-order valence-corrected chi connectivity index (χ4v) is 2.89. The largest absolute Gasteiger partial charge is 0.492 e. The minimum atomic E-state index is -0.489. The number of nitrogens with zero attached hydrogens (tertiary/aromatic N) is 3. The quantitative estimate of drug-likeness (QED) is 0.840. The Hall–Kier alpha value is -2.42. The number of piperazine rings is 1. The molecule has 1 aromatic rings. The van der Waals surface area contributed by atoms with Gasteiger partial charge in [0.1, 0.15) is 17.4 Å². The van der Waals surface area contributed by atoms with Crippen LogP contribution in [0.5, 0.6) is 5.75 Å². The summed E-state index contributed by atoms with van der Waals surface area (Å²) < 4.78 is 11.0. The van der Waals surface area contributed by atoms with Crippen molar-refractivity contribution < 1.29 is 14.3 Å². The molecule has 1 fully saturated rings. The molecule has 1 aliphatic rings. The van der Waals surface area contributed by atoms with Crippen LogP contribution in [0.4, 0.5) is 10.5 Å². The van der Waals surface area contributed by atoms with E-state index in [1.54, 1.807) is 11.0 Å². The molecule has 1 atom stereocenters. The maximum atomic E-state index is 12.3. The van der Waals surface area contributed by atoms with E-state index in [2.05, 4.69) is 17.9 Å². The fraction of sp³-hybridized carbons (Fsp3) is 0.579. The summed E-state index contributed by atoms with van der Waals surface area (Å²) in [6, 6.07) is 7.92. The summed E-state index contributed by atoms with van der Waals surface area (Å²) in [7, 11) is 0. The van der Waals surface area contributed by atoms with E-state index in [9.17, 15) is 10.1 Å². The number of anilines is 1. The van der Waals surface area contributed by atoms with Crippen molar-refractivity contribution in [1.82, 2.24) is 4.90 Å². The zero-order chi connectivity index (χ0) is 18.6. The first kappa shape index (κ1) is 18.9. The van der Waals surface area contributed by atoms with Gasteiger partial charge in [0.25, 0.3) is 0 Å². The third-order valence-corrected chi connectivity index (χ3v) is 4.00. The molecule has 0 saturated carbocycles. The van der Waals surface area contributed by atoms with Gasteiger partial charge >= 0.3 is 6.09 Å². The lowest BCUT2D eigenvalue weighted by molar-refractivity contribution is 0.0219. The second kappa shape index (κ2) is 7.64. The topological polar surface area (TPSA) is 65.8 Å². The fourth-order valence-electron chi connectivity index (χ4n) is 2.89. The van der Waals surface area contributed by atoms with Crippen LogP contribution in [0.1, 0.15) is 40.2 Å². The van der Waals surface area contributed by atoms with Gasteiger partial charge in [0.15, 0.2) is 0 Å². The van der Waals surface area contributed by atoms with Crippen LogP contribution in [-0.4, -0.2) is 48.9 Å². The van der Waals surface area contributed by atoms with E-state index in [0.29, 0.717) is 37.6 Å². The van der Waals surface area contributed by atoms with E-state index in [0.717, 1.165) is 5.69 Å². The van der Waals surface area contributed by atoms with Gasteiger partial charge in [0, 0.05) is 37.4 Å². The second-order valence-corrected chi connectivity index (χ2v) is 7.19. The van der Waals surface area contributed by atoms with Crippen LogP contribution >= 0.6 is 0 Å². The maximum absolute atomic E-state index is 12.3. The van der Waals surface area contributed by atoms with Gasteiger partial charge in [-0.2, -0.15) is 5.26 Å². The Labute approximate surface area is 149 Å². The molecule has 0 aliphatic carbocycles. The van der Waals surface area contributed by atoms with Crippen LogP contribution in [0.2, 0.25) is 0 Å². The van der Waals surface area contributed by atoms with Crippen molar-refractivity contribution in [3.63, 3.8) is 0 Å². The standard InChI is InChI=1S/C19H27N3O3/c1-6-24-17-11-16(8-7-15(17)12-20)22-10-9-21(13-14(22)2)18(23)25-19(3,4)5/h7-8,11,14H,6,9-10,13H2,1-5H3. The Morgan fingerprint density at radius 2 is 2.08 bits per heavy atom.